The second-order valence-electron chi connectivity index (χ2n) is 4.39. The monoisotopic (exact) mass is 276 g/mol. The zero-order valence-electron chi connectivity index (χ0n) is 10.1. The van der Waals surface area contributed by atoms with Crippen molar-refractivity contribution in [2.24, 2.45) is 0 Å². The number of morpholine rings is 1. The third-order valence-corrected chi connectivity index (χ3v) is 2.78. The predicted molar refractivity (Wildman–Crippen MR) is 55.8 cm³/mol. The first-order chi connectivity index (χ1) is 8.22. The highest BCUT2D eigenvalue weighted by Crippen LogP contribution is 2.35. The van der Waals surface area contributed by atoms with Crippen molar-refractivity contribution in [1.82, 2.24) is 9.80 Å². The lowest BCUT2D eigenvalue weighted by molar-refractivity contribution is -0.285. The Morgan fingerprint density at radius 1 is 1.11 bits per heavy atom. The fraction of sp³-hybridized carbons (Fsp3) is 1.00. The number of halogens is 5. The van der Waals surface area contributed by atoms with Gasteiger partial charge in [-0.1, -0.05) is 0 Å². The van der Waals surface area contributed by atoms with Crippen LogP contribution in [0, 0.1) is 0 Å². The molecule has 0 bridgehead atoms. The zero-order chi connectivity index (χ0) is 13.8. The molecule has 0 spiro atoms. The average Bonchev–Trinajstić information content (AvgIpc) is 2.26. The second kappa shape index (κ2) is 6.12. The van der Waals surface area contributed by atoms with Gasteiger partial charge >= 0.3 is 12.1 Å². The van der Waals surface area contributed by atoms with Crippen LogP contribution in [0.3, 0.4) is 0 Å². The van der Waals surface area contributed by atoms with Gasteiger partial charge in [-0.05, 0) is 7.05 Å². The van der Waals surface area contributed by atoms with Gasteiger partial charge < -0.3 is 4.74 Å². The molecule has 18 heavy (non-hydrogen) atoms. The maximum atomic E-state index is 12.7. The molecule has 0 unspecified atom stereocenters. The van der Waals surface area contributed by atoms with Gasteiger partial charge in [-0.25, -0.2) is 0 Å². The van der Waals surface area contributed by atoms with Crippen LogP contribution in [-0.2, 0) is 4.74 Å². The molecule has 1 saturated heterocycles. The fourth-order valence-electron chi connectivity index (χ4n) is 1.64. The lowest BCUT2D eigenvalue weighted by atomic mass is 10.3. The molecule has 0 aliphatic carbocycles. The minimum atomic E-state index is -5.49. The van der Waals surface area contributed by atoms with E-state index in [0.717, 1.165) is 4.90 Å². The topological polar surface area (TPSA) is 15.7 Å². The lowest BCUT2D eigenvalue weighted by Gasteiger charge is -2.30. The van der Waals surface area contributed by atoms with Gasteiger partial charge in [0.25, 0.3) is 0 Å². The van der Waals surface area contributed by atoms with Crippen LogP contribution in [0.4, 0.5) is 22.0 Å². The molecule has 1 fully saturated rings. The highest BCUT2D eigenvalue weighted by atomic mass is 19.4. The van der Waals surface area contributed by atoms with E-state index in [1.54, 1.807) is 0 Å². The molecule has 1 rings (SSSR count). The Kier molecular flexibility index (Phi) is 5.30. The summed E-state index contributed by atoms with van der Waals surface area (Å²) in [6, 6.07) is 0. The number of ether oxygens (including phenoxy) is 1. The van der Waals surface area contributed by atoms with Gasteiger partial charge in [0.05, 0.1) is 19.8 Å². The van der Waals surface area contributed by atoms with E-state index < -0.39 is 18.6 Å². The van der Waals surface area contributed by atoms with Crippen LogP contribution in [-0.4, -0.2) is 74.9 Å². The van der Waals surface area contributed by atoms with Crippen LogP contribution in [0.5, 0.6) is 0 Å². The summed E-state index contributed by atoms with van der Waals surface area (Å²) >= 11 is 0. The Balaban J connectivity index is 2.30. The Labute approximate surface area is 102 Å². The highest BCUT2D eigenvalue weighted by molar-refractivity contribution is 4.79. The van der Waals surface area contributed by atoms with Crippen molar-refractivity contribution in [3.63, 3.8) is 0 Å². The molecule has 3 nitrogen and oxygen atoms in total. The predicted octanol–water partition coefficient (Wildman–Crippen LogP) is 1.45. The molecule has 8 heteroatoms. The summed E-state index contributed by atoms with van der Waals surface area (Å²) in [4.78, 5) is 2.98. The van der Waals surface area contributed by atoms with E-state index in [4.69, 9.17) is 4.74 Å². The van der Waals surface area contributed by atoms with Crippen molar-refractivity contribution in [3.8, 4) is 0 Å². The van der Waals surface area contributed by atoms with Gasteiger partial charge in [-0.3, -0.25) is 9.80 Å². The summed E-state index contributed by atoms with van der Waals surface area (Å²) in [7, 11) is 1.26. The quantitative estimate of drug-likeness (QED) is 0.707. The third-order valence-electron chi connectivity index (χ3n) is 2.78. The second-order valence-corrected chi connectivity index (χ2v) is 4.39. The standard InChI is InChI=1S/C10H17F5N2O/c1-16(8-9(11,12)10(13,14)15)2-3-17-4-6-18-7-5-17/h2-8H2,1H3. The molecule has 1 heterocycles. The number of likely N-dealkylation sites (N-methyl/N-ethyl adjacent to an activating group) is 1. The maximum absolute atomic E-state index is 12.7. The van der Waals surface area contributed by atoms with E-state index in [0.29, 0.717) is 32.8 Å². The van der Waals surface area contributed by atoms with Crippen molar-refractivity contribution in [2.45, 2.75) is 12.1 Å². The van der Waals surface area contributed by atoms with Crippen molar-refractivity contribution >= 4 is 0 Å². The summed E-state index contributed by atoms with van der Waals surface area (Å²) in [6.07, 6.45) is -5.49. The lowest BCUT2D eigenvalue weighted by Crippen LogP contribution is -2.48. The molecule has 0 radical (unpaired) electrons. The van der Waals surface area contributed by atoms with Crippen LogP contribution in [0.25, 0.3) is 0 Å². The first-order valence-corrected chi connectivity index (χ1v) is 5.65. The molecule has 1 aliphatic heterocycles. The first kappa shape index (κ1) is 15.6. The molecule has 0 N–H and O–H groups in total. The van der Waals surface area contributed by atoms with Crippen molar-refractivity contribution in [1.29, 1.82) is 0 Å². The van der Waals surface area contributed by atoms with Gasteiger partial charge in [0.1, 0.15) is 0 Å². The Morgan fingerprint density at radius 2 is 1.67 bits per heavy atom. The molecule has 0 aromatic rings. The number of nitrogens with zero attached hydrogens (tertiary/aromatic N) is 2. The van der Waals surface area contributed by atoms with Gasteiger partial charge in [0.15, 0.2) is 0 Å². The summed E-state index contributed by atoms with van der Waals surface area (Å²) < 4.78 is 66.6. The summed E-state index contributed by atoms with van der Waals surface area (Å²) in [5, 5.41) is 0. The average molecular weight is 276 g/mol. The number of rotatable bonds is 5. The Hall–Kier alpha value is -0.470. The molecule has 108 valence electrons. The number of hydrogen-bond donors (Lipinski definition) is 0. The Bertz CT molecular complexity index is 253. The highest BCUT2D eigenvalue weighted by Gasteiger charge is 2.57. The smallest absolute Gasteiger partial charge is 0.379 e. The number of alkyl halides is 5. The van der Waals surface area contributed by atoms with E-state index in [2.05, 4.69) is 0 Å². The first-order valence-electron chi connectivity index (χ1n) is 5.65. The van der Waals surface area contributed by atoms with Crippen LogP contribution in [0.1, 0.15) is 0 Å². The SMILES string of the molecule is CN(CCN1CCOCC1)CC(F)(F)C(F)(F)F. The third kappa shape index (κ3) is 4.66. The van der Waals surface area contributed by atoms with Crippen molar-refractivity contribution in [3.05, 3.63) is 0 Å². The van der Waals surface area contributed by atoms with E-state index in [1.807, 2.05) is 4.90 Å². The molecule has 0 saturated carbocycles. The van der Waals surface area contributed by atoms with Crippen molar-refractivity contribution in [2.75, 3.05) is 53.0 Å². The zero-order valence-corrected chi connectivity index (χ0v) is 10.1. The molecular formula is C10H17F5N2O. The molecule has 0 aromatic carbocycles. The molecular weight excluding hydrogens is 259 g/mol. The van der Waals surface area contributed by atoms with Crippen LogP contribution >= 0.6 is 0 Å². The van der Waals surface area contributed by atoms with Crippen LogP contribution in [0.2, 0.25) is 0 Å². The minimum Gasteiger partial charge on any atom is -0.379 e. The van der Waals surface area contributed by atoms with E-state index >= 15 is 0 Å². The number of hydrogen-bond acceptors (Lipinski definition) is 3. The van der Waals surface area contributed by atoms with E-state index in [-0.39, 0.29) is 6.54 Å². The Morgan fingerprint density at radius 3 is 2.17 bits per heavy atom. The van der Waals surface area contributed by atoms with Gasteiger partial charge in [-0.2, -0.15) is 22.0 Å². The molecule has 0 amide bonds. The van der Waals surface area contributed by atoms with Gasteiger partial charge in [-0.15, -0.1) is 0 Å². The van der Waals surface area contributed by atoms with Gasteiger partial charge in [0.2, 0.25) is 0 Å². The van der Waals surface area contributed by atoms with Gasteiger partial charge in [0, 0.05) is 26.2 Å². The molecule has 1 aliphatic rings. The van der Waals surface area contributed by atoms with E-state index in [1.165, 1.54) is 7.05 Å². The minimum absolute atomic E-state index is 0.172. The normalized spacial score (nSPS) is 19.5. The largest absolute Gasteiger partial charge is 0.454 e. The molecule has 0 atom stereocenters. The fourth-order valence-corrected chi connectivity index (χ4v) is 1.64. The summed E-state index contributed by atoms with van der Waals surface area (Å²) in [5.74, 6) is -4.66. The van der Waals surface area contributed by atoms with Crippen LogP contribution < -0.4 is 0 Å². The van der Waals surface area contributed by atoms with Crippen molar-refractivity contribution < 1.29 is 26.7 Å². The van der Waals surface area contributed by atoms with E-state index in [9.17, 15) is 22.0 Å². The summed E-state index contributed by atoms with van der Waals surface area (Å²) in [5.41, 5.74) is 0. The van der Waals surface area contributed by atoms with Crippen LogP contribution in [0.15, 0.2) is 0 Å². The summed E-state index contributed by atoms with van der Waals surface area (Å²) in [6.45, 7) is 1.85. The maximum Gasteiger partial charge on any atom is 0.454 e. The molecule has 0 aromatic heterocycles.